The van der Waals surface area contributed by atoms with E-state index in [4.69, 9.17) is 10.5 Å². The number of anilines is 1. The van der Waals surface area contributed by atoms with Gasteiger partial charge in [0, 0.05) is 31.5 Å². The van der Waals surface area contributed by atoms with Gasteiger partial charge < -0.3 is 10.5 Å². The first-order valence-electron chi connectivity index (χ1n) is 6.21. The molecule has 0 aliphatic heterocycles. The number of hydrogen-bond donors (Lipinski definition) is 1. The number of aromatic nitrogens is 1. The molecule has 2 N–H and O–H groups in total. The molecule has 4 nitrogen and oxygen atoms in total. The van der Waals surface area contributed by atoms with E-state index in [1.807, 2.05) is 12.1 Å². The molecule has 1 saturated carbocycles. The summed E-state index contributed by atoms with van der Waals surface area (Å²) < 4.78 is 5.61. The fourth-order valence-corrected chi connectivity index (χ4v) is 1.71. The molecule has 0 saturated heterocycles. The van der Waals surface area contributed by atoms with Crippen molar-refractivity contribution in [1.82, 2.24) is 9.88 Å². The molecule has 0 amide bonds. The Hall–Kier alpha value is -1.13. The van der Waals surface area contributed by atoms with Crippen molar-refractivity contribution in [3.05, 3.63) is 23.9 Å². The maximum absolute atomic E-state index is 5.80. The lowest BCUT2D eigenvalue weighted by molar-refractivity contribution is 0.102. The quantitative estimate of drug-likeness (QED) is 0.728. The predicted octanol–water partition coefficient (Wildman–Crippen LogP) is 1.52. The summed E-state index contributed by atoms with van der Waals surface area (Å²) in [7, 11) is 2.08. The molecule has 1 heterocycles. The molecule has 4 heteroatoms. The zero-order chi connectivity index (χ0) is 12.1. The monoisotopic (exact) mass is 235 g/mol. The lowest BCUT2D eigenvalue weighted by Crippen LogP contribution is -2.23. The Morgan fingerprint density at radius 1 is 1.53 bits per heavy atom. The Kier molecular flexibility index (Phi) is 4.34. The van der Waals surface area contributed by atoms with E-state index in [0.29, 0.717) is 5.82 Å². The smallest absolute Gasteiger partial charge is 0.127 e. The van der Waals surface area contributed by atoms with E-state index in [1.165, 1.54) is 12.8 Å². The van der Waals surface area contributed by atoms with Gasteiger partial charge in [-0.2, -0.15) is 0 Å². The van der Waals surface area contributed by atoms with Crippen molar-refractivity contribution >= 4 is 5.82 Å². The van der Waals surface area contributed by atoms with E-state index < -0.39 is 0 Å². The van der Waals surface area contributed by atoms with Crippen LogP contribution in [-0.4, -0.2) is 36.7 Å². The third-order valence-electron chi connectivity index (χ3n) is 3.03. The molecular formula is C13H21N3O. The lowest BCUT2D eigenvalue weighted by Gasteiger charge is -2.17. The van der Waals surface area contributed by atoms with Crippen molar-refractivity contribution < 1.29 is 4.74 Å². The molecular weight excluding hydrogens is 214 g/mol. The molecule has 0 spiro atoms. The van der Waals surface area contributed by atoms with Crippen molar-refractivity contribution in [2.45, 2.75) is 19.4 Å². The van der Waals surface area contributed by atoms with E-state index in [-0.39, 0.29) is 0 Å². The van der Waals surface area contributed by atoms with Gasteiger partial charge >= 0.3 is 0 Å². The van der Waals surface area contributed by atoms with Crippen LogP contribution in [-0.2, 0) is 11.3 Å². The Balaban J connectivity index is 1.65. The Morgan fingerprint density at radius 3 is 3.06 bits per heavy atom. The van der Waals surface area contributed by atoms with Crippen LogP contribution in [0, 0.1) is 5.92 Å². The van der Waals surface area contributed by atoms with Gasteiger partial charge in [0.15, 0.2) is 0 Å². The van der Waals surface area contributed by atoms with Gasteiger partial charge in [-0.3, -0.25) is 4.90 Å². The second-order valence-corrected chi connectivity index (χ2v) is 4.80. The topological polar surface area (TPSA) is 51.4 Å². The molecule has 94 valence electrons. The summed E-state index contributed by atoms with van der Waals surface area (Å²) in [6.45, 7) is 3.49. The van der Waals surface area contributed by atoms with E-state index in [2.05, 4.69) is 16.9 Å². The largest absolute Gasteiger partial charge is 0.383 e. The van der Waals surface area contributed by atoms with Crippen LogP contribution in [0.15, 0.2) is 18.3 Å². The number of rotatable bonds is 7. The number of nitrogens with two attached hydrogens (primary N) is 1. The van der Waals surface area contributed by atoms with Crippen LogP contribution in [0.4, 0.5) is 5.82 Å². The fraction of sp³-hybridized carbons (Fsp3) is 0.615. The van der Waals surface area contributed by atoms with Crippen LogP contribution in [0.2, 0.25) is 0 Å². The summed E-state index contributed by atoms with van der Waals surface area (Å²) in [6, 6.07) is 3.94. The third kappa shape index (κ3) is 4.32. The van der Waals surface area contributed by atoms with Crippen LogP contribution in [0.25, 0.3) is 0 Å². The van der Waals surface area contributed by atoms with Gasteiger partial charge in [0.05, 0.1) is 6.61 Å². The van der Waals surface area contributed by atoms with E-state index in [9.17, 15) is 0 Å². The van der Waals surface area contributed by atoms with Crippen LogP contribution in [0.3, 0.4) is 0 Å². The third-order valence-corrected chi connectivity index (χ3v) is 3.03. The Morgan fingerprint density at radius 2 is 2.35 bits per heavy atom. The number of nitrogen functional groups attached to an aromatic ring is 1. The highest BCUT2D eigenvalue weighted by Crippen LogP contribution is 2.28. The van der Waals surface area contributed by atoms with Crippen LogP contribution >= 0.6 is 0 Å². The van der Waals surface area contributed by atoms with Crippen molar-refractivity contribution in [2.75, 3.05) is 32.5 Å². The average molecular weight is 235 g/mol. The number of hydrogen-bond acceptors (Lipinski definition) is 4. The van der Waals surface area contributed by atoms with Gasteiger partial charge in [-0.1, -0.05) is 6.07 Å². The molecule has 0 bridgehead atoms. The molecule has 0 radical (unpaired) electrons. The van der Waals surface area contributed by atoms with Crippen molar-refractivity contribution in [1.29, 1.82) is 0 Å². The van der Waals surface area contributed by atoms with Gasteiger partial charge in [-0.15, -0.1) is 0 Å². The first-order valence-corrected chi connectivity index (χ1v) is 6.21. The number of likely N-dealkylation sites (N-methyl/N-ethyl adjacent to an activating group) is 1. The second kappa shape index (κ2) is 5.98. The highest BCUT2D eigenvalue weighted by molar-refractivity contribution is 5.38. The van der Waals surface area contributed by atoms with E-state index in [0.717, 1.165) is 37.8 Å². The zero-order valence-corrected chi connectivity index (χ0v) is 10.4. The predicted molar refractivity (Wildman–Crippen MR) is 68.5 cm³/mol. The summed E-state index contributed by atoms with van der Waals surface area (Å²) in [6.07, 6.45) is 4.42. The van der Waals surface area contributed by atoms with Crippen LogP contribution < -0.4 is 5.73 Å². The molecule has 1 aliphatic rings. The number of pyridine rings is 1. The summed E-state index contributed by atoms with van der Waals surface area (Å²) in [5, 5.41) is 0. The Labute approximate surface area is 103 Å². The fourth-order valence-electron chi connectivity index (χ4n) is 1.71. The van der Waals surface area contributed by atoms with E-state index >= 15 is 0 Å². The summed E-state index contributed by atoms with van der Waals surface area (Å²) >= 11 is 0. The van der Waals surface area contributed by atoms with Crippen molar-refractivity contribution in [3.63, 3.8) is 0 Å². The van der Waals surface area contributed by atoms with Crippen LogP contribution in [0.1, 0.15) is 18.4 Å². The molecule has 1 fully saturated rings. The lowest BCUT2D eigenvalue weighted by atomic mass is 10.2. The minimum absolute atomic E-state index is 0.623. The molecule has 2 rings (SSSR count). The molecule has 0 aromatic carbocycles. The zero-order valence-electron chi connectivity index (χ0n) is 10.4. The highest BCUT2D eigenvalue weighted by atomic mass is 16.5. The average Bonchev–Trinajstić information content (AvgIpc) is 3.12. The van der Waals surface area contributed by atoms with Gasteiger partial charge in [-0.25, -0.2) is 4.98 Å². The molecule has 1 aromatic rings. The minimum atomic E-state index is 0.623. The normalized spacial score (nSPS) is 15.4. The SMILES string of the molecule is CN(CCOCC1CC1)Cc1cccnc1N. The summed E-state index contributed by atoms with van der Waals surface area (Å²) in [5.41, 5.74) is 6.88. The molecule has 0 atom stereocenters. The molecule has 17 heavy (non-hydrogen) atoms. The second-order valence-electron chi connectivity index (χ2n) is 4.80. The van der Waals surface area contributed by atoms with Crippen molar-refractivity contribution in [3.8, 4) is 0 Å². The number of ether oxygens (including phenoxy) is 1. The van der Waals surface area contributed by atoms with Gasteiger partial charge in [0.2, 0.25) is 0 Å². The van der Waals surface area contributed by atoms with Gasteiger partial charge in [0.25, 0.3) is 0 Å². The van der Waals surface area contributed by atoms with Crippen molar-refractivity contribution in [2.24, 2.45) is 5.92 Å². The maximum Gasteiger partial charge on any atom is 0.127 e. The molecule has 1 aliphatic carbocycles. The molecule has 0 unspecified atom stereocenters. The molecule has 1 aromatic heterocycles. The minimum Gasteiger partial charge on any atom is -0.383 e. The standard InChI is InChI=1S/C13H21N3O/c1-16(7-8-17-10-11-4-5-11)9-12-3-2-6-15-13(12)14/h2-3,6,11H,4-5,7-10H2,1H3,(H2,14,15). The maximum atomic E-state index is 5.80. The summed E-state index contributed by atoms with van der Waals surface area (Å²) in [5.74, 6) is 1.47. The van der Waals surface area contributed by atoms with Crippen LogP contribution in [0.5, 0.6) is 0 Å². The number of nitrogens with zero attached hydrogens (tertiary/aromatic N) is 2. The first kappa shape index (κ1) is 12.3. The van der Waals surface area contributed by atoms with Gasteiger partial charge in [0.1, 0.15) is 5.82 Å². The Bertz CT molecular complexity index is 352. The highest BCUT2D eigenvalue weighted by Gasteiger charge is 2.20. The van der Waals surface area contributed by atoms with E-state index in [1.54, 1.807) is 6.20 Å². The van der Waals surface area contributed by atoms with Gasteiger partial charge in [-0.05, 0) is 31.9 Å². The first-order chi connectivity index (χ1) is 8.25. The summed E-state index contributed by atoms with van der Waals surface area (Å²) in [4.78, 5) is 6.29.